The Morgan fingerprint density at radius 1 is 1.07 bits per heavy atom. The lowest BCUT2D eigenvalue weighted by atomic mass is 10.2. The van der Waals surface area contributed by atoms with E-state index in [1.54, 1.807) is 14.2 Å². The van der Waals surface area contributed by atoms with Gasteiger partial charge in [-0.3, -0.25) is 9.79 Å². The Hall–Kier alpha value is -3.22. The van der Waals surface area contributed by atoms with Crippen molar-refractivity contribution in [3.8, 4) is 11.5 Å². The molecule has 2 aromatic carbocycles. The van der Waals surface area contributed by atoms with E-state index in [4.69, 9.17) is 9.47 Å². The van der Waals surface area contributed by atoms with Crippen molar-refractivity contribution in [3.63, 3.8) is 0 Å². The molecule has 144 valence electrons. The molecule has 0 aromatic heterocycles. The third-order valence-electron chi connectivity index (χ3n) is 3.66. The van der Waals surface area contributed by atoms with Crippen LogP contribution in [0, 0.1) is 0 Å². The number of anilines is 2. The number of methoxy groups -OCH3 is 1. The van der Waals surface area contributed by atoms with Crippen LogP contribution in [0.4, 0.5) is 11.4 Å². The Morgan fingerprint density at radius 3 is 2.52 bits per heavy atom. The van der Waals surface area contributed by atoms with Crippen molar-refractivity contribution in [2.24, 2.45) is 4.99 Å². The number of amides is 1. The van der Waals surface area contributed by atoms with Crippen molar-refractivity contribution in [3.05, 3.63) is 48.0 Å². The first-order valence-corrected chi connectivity index (χ1v) is 8.70. The zero-order chi connectivity index (χ0) is 19.6. The van der Waals surface area contributed by atoms with Gasteiger partial charge >= 0.3 is 0 Å². The predicted molar refractivity (Wildman–Crippen MR) is 109 cm³/mol. The van der Waals surface area contributed by atoms with E-state index in [0.717, 1.165) is 16.9 Å². The van der Waals surface area contributed by atoms with Gasteiger partial charge in [0.1, 0.15) is 0 Å². The van der Waals surface area contributed by atoms with Crippen molar-refractivity contribution in [1.29, 1.82) is 0 Å². The smallest absolute Gasteiger partial charge is 0.221 e. The van der Waals surface area contributed by atoms with Crippen molar-refractivity contribution in [2.75, 3.05) is 31.4 Å². The highest BCUT2D eigenvalue weighted by molar-refractivity contribution is 5.94. The Labute approximate surface area is 159 Å². The lowest BCUT2D eigenvalue weighted by Crippen LogP contribution is -2.30. The quantitative estimate of drug-likeness (QED) is 0.515. The van der Waals surface area contributed by atoms with E-state index in [2.05, 4.69) is 20.9 Å². The van der Waals surface area contributed by atoms with E-state index in [1.807, 2.05) is 49.4 Å². The van der Waals surface area contributed by atoms with Gasteiger partial charge in [-0.25, -0.2) is 0 Å². The lowest BCUT2D eigenvalue weighted by Gasteiger charge is -2.15. The summed E-state index contributed by atoms with van der Waals surface area (Å²) in [6, 6.07) is 13.3. The summed E-state index contributed by atoms with van der Waals surface area (Å²) in [6.07, 6.45) is 0. The molecular weight excluding hydrogens is 344 g/mol. The van der Waals surface area contributed by atoms with E-state index in [0.29, 0.717) is 30.6 Å². The number of nitrogens with zero attached hydrogens (tertiary/aromatic N) is 1. The number of guanidine groups is 1. The molecule has 3 N–H and O–H groups in total. The second-order valence-electron chi connectivity index (χ2n) is 5.73. The lowest BCUT2D eigenvalue weighted by molar-refractivity contribution is -0.114. The van der Waals surface area contributed by atoms with Crippen molar-refractivity contribution >= 4 is 23.2 Å². The number of aliphatic imine (C=N–C) groups is 1. The SMILES string of the molecule is CCOc1ccc(NC(=NC)NCc2cccc(NC(C)=O)c2)cc1OC. The van der Waals surface area contributed by atoms with Gasteiger partial charge in [-0.05, 0) is 36.8 Å². The fourth-order valence-electron chi connectivity index (χ4n) is 2.48. The van der Waals surface area contributed by atoms with E-state index in [-0.39, 0.29) is 5.91 Å². The molecular formula is C20H26N4O3. The minimum absolute atomic E-state index is 0.0953. The third-order valence-corrected chi connectivity index (χ3v) is 3.66. The summed E-state index contributed by atoms with van der Waals surface area (Å²) in [5.74, 6) is 1.87. The van der Waals surface area contributed by atoms with Crippen molar-refractivity contribution in [1.82, 2.24) is 5.32 Å². The summed E-state index contributed by atoms with van der Waals surface area (Å²) in [5.41, 5.74) is 2.62. The van der Waals surface area contributed by atoms with E-state index >= 15 is 0 Å². The standard InChI is InChI=1S/C20H26N4O3/c1-5-27-18-10-9-17(12-19(18)26-4)24-20(21-3)22-13-15-7-6-8-16(11-15)23-14(2)25/h6-12H,5,13H2,1-4H3,(H,23,25)(H2,21,22,24). The Morgan fingerprint density at radius 2 is 1.85 bits per heavy atom. The second-order valence-corrected chi connectivity index (χ2v) is 5.73. The Bertz CT molecular complexity index is 806. The molecule has 7 heteroatoms. The molecule has 27 heavy (non-hydrogen) atoms. The highest BCUT2D eigenvalue weighted by Gasteiger charge is 2.07. The van der Waals surface area contributed by atoms with Crippen LogP contribution in [0.2, 0.25) is 0 Å². The summed E-state index contributed by atoms with van der Waals surface area (Å²) in [4.78, 5) is 15.4. The zero-order valence-electron chi connectivity index (χ0n) is 16.1. The normalized spacial score (nSPS) is 10.9. The Kier molecular flexibility index (Phi) is 7.49. The van der Waals surface area contributed by atoms with Gasteiger partial charge in [-0.2, -0.15) is 0 Å². The molecule has 0 atom stereocenters. The molecule has 0 radical (unpaired) electrons. The fourth-order valence-corrected chi connectivity index (χ4v) is 2.48. The molecule has 0 aliphatic carbocycles. The maximum absolute atomic E-state index is 11.2. The Balaban J connectivity index is 2.01. The van der Waals surface area contributed by atoms with Crippen LogP contribution in [0.5, 0.6) is 11.5 Å². The molecule has 0 aliphatic rings. The molecule has 1 amide bonds. The molecule has 0 saturated carbocycles. The molecule has 7 nitrogen and oxygen atoms in total. The number of carbonyl (C=O) groups excluding carboxylic acids is 1. The number of benzene rings is 2. The molecule has 0 saturated heterocycles. The van der Waals surface area contributed by atoms with Gasteiger partial charge < -0.3 is 25.4 Å². The topological polar surface area (TPSA) is 84.0 Å². The molecule has 2 rings (SSSR count). The first-order valence-electron chi connectivity index (χ1n) is 8.70. The van der Waals surface area contributed by atoms with Crippen LogP contribution in [0.15, 0.2) is 47.5 Å². The highest BCUT2D eigenvalue weighted by atomic mass is 16.5. The summed E-state index contributed by atoms with van der Waals surface area (Å²) < 4.78 is 10.9. The molecule has 2 aromatic rings. The number of ether oxygens (including phenoxy) is 2. The minimum atomic E-state index is -0.0953. The molecule has 0 bridgehead atoms. The largest absolute Gasteiger partial charge is 0.493 e. The number of hydrogen-bond acceptors (Lipinski definition) is 4. The molecule has 0 spiro atoms. The van der Waals surface area contributed by atoms with Crippen LogP contribution in [0.1, 0.15) is 19.4 Å². The first-order chi connectivity index (χ1) is 13.0. The highest BCUT2D eigenvalue weighted by Crippen LogP contribution is 2.30. The zero-order valence-corrected chi connectivity index (χ0v) is 16.1. The monoisotopic (exact) mass is 370 g/mol. The summed E-state index contributed by atoms with van der Waals surface area (Å²) in [5, 5.41) is 9.25. The van der Waals surface area contributed by atoms with Gasteiger partial charge in [-0.1, -0.05) is 12.1 Å². The second kappa shape index (κ2) is 10.1. The molecule has 0 aliphatic heterocycles. The minimum Gasteiger partial charge on any atom is -0.493 e. The molecule has 0 fully saturated rings. The maximum atomic E-state index is 11.2. The van der Waals surface area contributed by atoms with E-state index < -0.39 is 0 Å². The molecule has 0 unspecified atom stereocenters. The number of nitrogens with one attached hydrogen (secondary N) is 3. The van der Waals surface area contributed by atoms with Crippen LogP contribution < -0.4 is 25.4 Å². The van der Waals surface area contributed by atoms with Gasteiger partial charge in [0, 0.05) is 38.0 Å². The number of rotatable bonds is 7. The van der Waals surface area contributed by atoms with E-state index in [9.17, 15) is 4.79 Å². The van der Waals surface area contributed by atoms with Gasteiger partial charge in [0.05, 0.1) is 13.7 Å². The average Bonchev–Trinajstić information content (AvgIpc) is 2.66. The predicted octanol–water partition coefficient (Wildman–Crippen LogP) is 3.24. The van der Waals surface area contributed by atoms with Crippen molar-refractivity contribution < 1.29 is 14.3 Å². The van der Waals surface area contributed by atoms with Crippen molar-refractivity contribution in [2.45, 2.75) is 20.4 Å². The maximum Gasteiger partial charge on any atom is 0.221 e. The van der Waals surface area contributed by atoms with Crippen LogP contribution in [0.3, 0.4) is 0 Å². The van der Waals surface area contributed by atoms with Gasteiger partial charge in [0.2, 0.25) is 5.91 Å². The number of hydrogen-bond donors (Lipinski definition) is 3. The molecule has 0 heterocycles. The summed E-state index contributed by atoms with van der Waals surface area (Å²) >= 11 is 0. The van der Waals surface area contributed by atoms with Gasteiger partial charge in [-0.15, -0.1) is 0 Å². The van der Waals surface area contributed by atoms with Crippen LogP contribution in [-0.4, -0.2) is 32.6 Å². The summed E-state index contributed by atoms with van der Waals surface area (Å²) in [6.45, 7) is 4.55. The fraction of sp³-hybridized carbons (Fsp3) is 0.300. The van der Waals surface area contributed by atoms with Gasteiger partial charge in [0.25, 0.3) is 0 Å². The third kappa shape index (κ3) is 6.22. The average molecular weight is 370 g/mol. The van der Waals surface area contributed by atoms with Crippen LogP contribution in [0.25, 0.3) is 0 Å². The van der Waals surface area contributed by atoms with E-state index in [1.165, 1.54) is 6.92 Å². The number of carbonyl (C=O) groups is 1. The first kappa shape index (κ1) is 20.1. The van der Waals surface area contributed by atoms with Crippen LogP contribution >= 0.6 is 0 Å². The summed E-state index contributed by atoms with van der Waals surface area (Å²) in [7, 11) is 3.31. The van der Waals surface area contributed by atoms with Crippen LogP contribution in [-0.2, 0) is 11.3 Å². The van der Waals surface area contributed by atoms with Gasteiger partial charge in [0.15, 0.2) is 17.5 Å².